The quantitative estimate of drug-likeness (QED) is 0.291. The summed E-state index contributed by atoms with van der Waals surface area (Å²) in [6.45, 7) is 8.08. The molecule has 2 atom stereocenters. The molecule has 0 bridgehead atoms. The highest BCUT2D eigenvalue weighted by Crippen LogP contribution is 2.21. The van der Waals surface area contributed by atoms with E-state index in [1.807, 2.05) is 58.0 Å². The molecule has 0 aliphatic rings. The van der Waals surface area contributed by atoms with Gasteiger partial charge in [0.15, 0.2) is 0 Å². The summed E-state index contributed by atoms with van der Waals surface area (Å²) in [5.41, 5.74) is 0.826. The number of benzene rings is 1. The molecule has 1 aromatic heterocycles. The van der Waals surface area contributed by atoms with E-state index in [0.717, 1.165) is 5.56 Å². The van der Waals surface area contributed by atoms with Crippen molar-refractivity contribution in [3.8, 4) is 0 Å². The van der Waals surface area contributed by atoms with Crippen LogP contribution < -0.4 is 10.6 Å². The highest BCUT2D eigenvalue weighted by Gasteiger charge is 2.31. The van der Waals surface area contributed by atoms with E-state index in [1.165, 1.54) is 18.9 Å². The van der Waals surface area contributed by atoms with Crippen LogP contribution in [0.2, 0.25) is 0 Å². The highest BCUT2D eigenvalue weighted by molar-refractivity contribution is 7.99. The Balaban J connectivity index is 2.06. The van der Waals surface area contributed by atoms with E-state index in [4.69, 9.17) is 13.9 Å². The van der Waals surface area contributed by atoms with Crippen LogP contribution in [0.25, 0.3) is 0 Å². The zero-order valence-electron chi connectivity index (χ0n) is 20.8. The largest absolute Gasteiger partial charge is 0.445 e. The van der Waals surface area contributed by atoms with Crippen LogP contribution in [-0.2, 0) is 20.9 Å². The van der Waals surface area contributed by atoms with E-state index in [2.05, 4.69) is 20.8 Å². The molecule has 11 heteroatoms. The molecule has 0 aliphatic carbocycles. The lowest BCUT2D eigenvalue weighted by Gasteiger charge is -2.23. The van der Waals surface area contributed by atoms with Crippen molar-refractivity contribution in [2.75, 3.05) is 13.7 Å². The molecule has 2 rings (SSSR count). The number of alkyl carbamates (subject to hydrolysis) is 1. The zero-order valence-corrected chi connectivity index (χ0v) is 21.6. The molecular formula is C24H34N4O6S. The monoisotopic (exact) mass is 506 g/mol. The van der Waals surface area contributed by atoms with Crippen molar-refractivity contribution >= 4 is 29.5 Å². The Kier molecular flexibility index (Phi) is 11.7. The van der Waals surface area contributed by atoms with Crippen LogP contribution >= 0.6 is 11.8 Å². The van der Waals surface area contributed by atoms with Crippen molar-refractivity contribution in [3.63, 3.8) is 0 Å². The van der Waals surface area contributed by atoms with Gasteiger partial charge in [-0.25, -0.2) is 4.79 Å². The van der Waals surface area contributed by atoms with Crippen molar-refractivity contribution in [2.24, 2.45) is 5.92 Å². The van der Waals surface area contributed by atoms with Crippen LogP contribution in [-0.4, -0.2) is 59.0 Å². The number of hydrogen-bond donors (Lipinski definition) is 2. The third-order valence-electron chi connectivity index (χ3n) is 4.73. The average Bonchev–Trinajstić information content (AvgIpc) is 3.27. The van der Waals surface area contributed by atoms with Gasteiger partial charge in [0.1, 0.15) is 12.6 Å². The Morgan fingerprint density at radius 2 is 1.74 bits per heavy atom. The maximum Gasteiger partial charge on any atom is 0.408 e. The molecule has 35 heavy (non-hydrogen) atoms. The molecular weight excluding hydrogens is 472 g/mol. The SMILES string of the molecule is COCC[C@H](NC(=O)[C@H](CC(C)C)NC(=O)OCc1ccccc1)C(=O)c1nnc(SC(C)C)o1. The van der Waals surface area contributed by atoms with Gasteiger partial charge in [-0.3, -0.25) is 9.59 Å². The van der Waals surface area contributed by atoms with Gasteiger partial charge in [0.2, 0.25) is 11.7 Å². The maximum atomic E-state index is 13.1. The van der Waals surface area contributed by atoms with E-state index < -0.39 is 29.9 Å². The molecule has 0 saturated carbocycles. The molecule has 0 aliphatic heterocycles. The van der Waals surface area contributed by atoms with E-state index in [1.54, 1.807) is 0 Å². The number of thioether (sulfide) groups is 1. The molecule has 192 valence electrons. The van der Waals surface area contributed by atoms with Crippen molar-refractivity contribution in [1.82, 2.24) is 20.8 Å². The van der Waals surface area contributed by atoms with Crippen molar-refractivity contribution in [1.29, 1.82) is 0 Å². The molecule has 0 unspecified atom stereocenters. The molecule has 2 aromatic rings. The number of carbonyl (C=O) groups is 3. The number of rotatable bonds is 14. The summed E-state index contributed by atoms with van der Waals surface area (Å²) in [5.74, 6) is -1.13. The highest BCUT2D eigenvalue weighted by atomic mass is 32.2. The Labute approximate surface area is 209 Å². The van der Waals surface area contributed by atoms with E-state index in [9.17, 15) is 14.4 Å². The number of amides is 2. The molecule has 0 spiro atoms. The summed E-state index contributed by atoms with van der Waals surface area (Å²) < 4.78 is 15.8. The fraction of sp³-hybridized carbons (Fsp3) is 0.542. The first-order valence-electron chi connectivity index (χ1n) is 11.5. The summed E-state index contributed by atoms with van der Waals surface area (Å²) >= 11 is 1.34. The second-order valence-corrected chi connectivity index (χ2v) is 10.2. The topological polar surface area (TPSA) is 133 Å². The second-order valence-electron chi connectivity index (χ2n) is 8.63. The smallest absolute Gasteiger partial charge is 0.408 e. The predicted octanol–water partition coefficient (Wildman–Crippen LogP) is 3.62. The van der Waals surface area contributed by atoms with Gasteiger partial charge in [0.05, 0.1) is 6.04 Å². The summed E-state index contributed by atoms with van der Waals surface area (Å²) in [5, 5.41) is 13.5. The van der Waals surface area contributed by atoms with Crippen molar-refractivity contribution in [2.45, 2.75) is 69.7 Å². The third kappa shape index (κ3) is 10.1. The predicted molar refractivity (Wildman–Crippen MR) is 131 cm³/mol. The van der Waals surface area contributed by atoms with Crippen LogP contribution in [0.3, 0.4) is 0 Å². The lowest BCUT2D eigenvalue weighted by Crippen LogP contribution is -2.52. The van der Waals surface area contributed by atoms with Crippen LogP contribution in [0.15, 0.2) is 40.0 Å². The summed E-state index contributed by atoms with van der Waals surface area (Å²) in [7, 11) is 1.50. The number of carbonyl (C=O) groups excluding carboxylic acids is 3. The van der Waals surface area contributed by atoms with Gasteiger partial charge in [-0.15, -0.1) is 10.2 Å². The number of Topliss-reactive ketones (excluding diaryl/α,β-unsaturated/α-hetero) is 1. The van der Waals surface area contributed by atoms with Crippen LogP contribution in [0, 0.1) is 5.92 Å². The zero-order chi connectivity index (χ0) is 25.8. The molecule has 0 saturated heterocycles. The fourth-order valence-electron chi connectivity index (χ4n) is 3.09. The van der Waals surface area contributed by atoms with Crippen LogP contribution in [0.4, 0.5) is 4.79 Å². The lowest BCUT2D eigenvalue weighted by atomic mass is 10.0. The van der Waals surface area contributed by atoms with Crippen LogP contribution in [0.5, 0.6) is 0 Å². The number of ketones is 1. The van der Waals surface area contributed by atoms with Crippen molar-refractivity contribution < 1.29 is 28.3 Å². The minimum atomic E-state index is -0.961. The first kappa shape index (κ1) is 28.3. The molecule has 2 amide bonds. The van der Waals surface area contributed by atoms with Gasteiger partial charge < -0.3 is 24.5 Å². The normalized spacial score (nSPS) is 12.9. The first-order valence-corrected chi connectivity index (χ1v) is 12.4. The van der Waals surface area contributed by atoms with Gasteiger partial charge in [-0.1, -0.05) is 69.8 Å². The average molecular weight is 507 g/mol. The number of aromatic nitrogens is 2. The lowest BCUT2D eigenvalue weighted by molar-refractivity contribution is -0.124. The number of hydrogen-bond acceptors (Lipinski definition) is 9. The molecule has 0 radical (unpaired) electrons. The molecule has 0 fully saturated rings. The van der Waals surface area contributed by atoms with E-state index in [0.29, 0.717) is 6.42 Å². The first-order chi connectivity index (χ1) is 16.7. The second kappa shape index (κ2) is 14.5. The Morgan fingerprint density at radius 3 is 2.37 bits per heavy atom. The molecule has 10 nitrogen and oxygen atoms in total. The maximum absolute atomic E-state index is 13.1. The summed E-state index contributed by atoms with van der Waals surface area (Å²) in [4.78, 5) is 38.5. The summed E-state index contributed by atoms with van der Waals surface area (Å²) in [6.07, 6.45) is -0.169. The van der Waals surface area contributed by atoms with Gasteiger partial charge in [-0.2, -0.15) is 0 Å². The fourth-order valence-corrected chi connectivity index (χ4v) is 3.71. The molecule has 1 heterocycles. The van der Waals surface area contributed by atoms with Gasteiger partial charge in [-0.05, 0) is 24.3 Å². The molecule has 2 N–H and O–H groups in total. The Hall–Kier alpha value is -2.92. The van der Waals surface area contributed by atoms with Crippen molar-refractivity contribution in [3.05, 3.63) is 41.8 Å². The van der Waals surface area contributed by atoms with E-state index in [-0.39, 0.29) is 41.9 Å². The summed E-state index contributed by atoms with van der Waals surface area (Å²) in [6, 6.07) is 7.36. The number of nitrogens with zero attached hydrogens (tertiary/aromatic N) is 2. The Bertz CT molecular complexity index is 951. The third-order valence-corrected chi connectivity index (χ3v) is 5.56. The minimum absolute atomic E-state index is 0.0749. The van der Waals surface area contributed by atoms with Gasteiger partial charge in [0.25, 0.3) is 11.1 Å². The standard InChI is InChI=1S/C24H34N4O6S/c1-15(2)13-19(26-23(31)33-14-17-9-7-6-8-10-17)21(30)25-18(11-12-32-5)20(29)22-27-28-24(34-22)35-16(3)4/h6-10,15-16,18-19H,11-14H2,1-5H3,(H,25,30)(H,26,31)/t18-,19-/m0/s1. The van der Waals surface area contributed by atoms with Gasteiger partial charge in [0, 0.05) is 19.0 Å². The number of nitrogens with one attached hydrogen (secondary N) is 2. The van der Waals surface area contributed by atoms with E-state index >= 15 is 0 Å². The molecule has 1 aromatic carbocycles. The number of methoxy groups -OCH3 is 1. The van der Waals surface area contributed by atoms with Crippen LogP contribution in [0.1, 0.15) is 56.8 Å². The Morgan fingerprint density at radius 1 is 1.03 bits per heavy atom. The van der Waals surface area contributed by atoms with Gasteiger partial charge >= 0.3 is 6.09 Å². The minimum Gasteiger partial charge on any atom is -0.445 e. The number of ether oxygens (including phenoxy) is 2.